The maximum Gasteiger partial charge on any atom is 0.262 e. The van der Waals surface area contributed by atoms with Gasteiger partial charge >= 0.3 is 0 Å². The van der Waals surface area contributed by atoms with E-state index >= 15 is 0 Å². The number of amides is 2. The molecule has 4 rings (SSSR count). The van der Waals surface area contributed by atoms with Crippen LogP contribution in [-0.4, -0.2) is 61.4 Å². The quantitative estimate of drug-likeness (QED) is 0.563. The predicted octanol–water partition coefficient (Wildman–Crippen LogP) is 3.79. The lowest BCUT2D eigenvalue weighted by Gasteiger charge is -2.32. The zero-order valence-electron chi connectivity index (χ0n) is 19.6. The Bertz CT molecular complexity index is 1070. The van der Waals surface area contributed by atoms with Crippen LogP contribution in [0.2, 0.25) is 0 Å². The molecule has 34 heavy (non-hydrogen) atoms. The van der Waals surface area contributed by atoms with Gasteiger partial charge in [-0.2, -0.15) is 5.10 Å². The highest BCUT2D eigenvalue weighted by Gasteiger charge is 2.37. The standard InChI is InChI=1S/C26H30FN3O4/c1-33-15-14-29(26(32)18-8-7-9-18)17-25(31)30-23(20-11-4-6-13-24(20)34-2)16-22(28-30)19-10-3-5-12-21(19)27/h3-6,10-13,18,23H,7-9,14-17H2,1-2H3/t23-/m0/s1. The van der Waals surface area contributed by atoms with Crippen molar-refractivity contribution in [2.45, 2.75) is 31.7 Å². The minimum atomic E-state index is -0.471. The van der Waals surface area contributed by atoms with Gasteiger partial charge < -0.3 is 14.4 Å². The van der Waals surface area contributed by atoms with E-state index in [-0.39, 0.29) is 24.3 Å². The maximum atomic E-state index is 14.6. The number of nitrogens with zero attached hydrogens (tertiary/aromatic N) is 3. The number of benzene rings is 2. The van der Waals surface area contributed by atoms with Gasteiger partial charge in [0.15, 0.2) is 0 Å². The molecular formula is C26H30FN3O4. The van der Waals surface area contributed by atoms with Crippen LogP contribution in [0, 0.1) is 11.7 Å². The van der Waals surface area contributed by atoms with Gasteiger partial charge in [0.1, 0.15) is 18.1 Å². The molecule has 0 radical (unpaired) electrons. The number of hydrogen-bond donors (Lipinski definition) is 0. The van der Waals surface area contributed by atoms with E-state index in [2.05, 4.69) is 5.10 Å². The fraction of sp³-hybridized carbons (Fsp3) is 0.423. The van der Waals surface area contributed by atoms with Crippen molar-refractivity contribution in [2.24, 2.45) is 11.0 Å². The van der Waals surface area contributed by atoms with Crippen molar-refractivity contribution < 1.29 is 23.5 Å². The lowest BCUT2D eigenvalue weighted by molar-refractivity contribution is -0.146. The van der Waals surface area contributed by atoms with Crippen molar-refractivity contribution in [3.05, 3.63) is 65.5 Å². The van der Waals surface area contributed by atoms with Crippen LogP contribution in [0.4, 0.5) is 4.39 Å². The number of hydrogen-bond acceptors (Lipinski definition) is 5. The highest BCUT2D eigenvalue weighted by molar-refractivity contribution is 6.03. The summed E-state index contributed by atoms with van der Waals surface area (Å²) in [6.07, 6.45) is 3.06. The molecule has 8 heteroatoms. The Morgan fingerprint density at radius 1 is 1.12 bits per heavy atom. The van der Waals surface area contributed by atoms with Gasteiger partial charge in [0.25, 0.3) is 5.91 Å². The fourth-order valence-corrected chi connectivity index (χ4v) is 4.40. The van der Waals surface area contributed by atoms with Crippen molar-refractivity contribution >= 4 is 17.5 Å². The van der Waals surface area contributed by atoms with Crippen LogP contribution in [-0.2, 0) is 14.3 Å². The third kappa shape index (κ3) is 4.97. The lowest BCUT2D eigenvalue weighted by atomic mass is 9.84. The molecule has 2 aromatic carbocycles. The van der Waals surface area contributed by atoms with Crippen LogP contribution < -0.4 is 4.74 Å². The molecule has 2 amide bonds. The van der Waals surface area contributed by atoms with Crippen LogP contribution in [0.5, 0.6) is 5.75 Å². The summed E-state index contributed by atoms with van der Waals surface area (Å²) in [5, 5.41) is 5.94. The van der Waals surface area contributed by atoms with Crippen molar-refractivity contribution in [1.29, 1.82) is 0 Å². The first-order valence-electron chi connectivity index (χ1n) is 11.6. The molecule has 0 bridgehead atoms. The summed E-state index contributed by atoms with van der Waals surface area (Å²) in [5.41, 5.74) is 1.62. The topological polar surface area (TPSA) is 71.4 Å². The molecule has 0 aromatic heterocycles. The van der Waals surface area contributed by atoms with E-state index in [9.17, 15) is 14.0 Å². The third-order valence-corrected chi connectivity index (χ3v) is 6.51. The zero-order valence-corrected chi connectivity index (χ0v) is 19.6. The summed E-state index contributed by atoms with van der Waals surface area (Å²) in [6, 6.07) is 13.4. The average molecular weight is 468 g/mol. The van der Waals surface area contributed by atoms with Crippen LogP contribution >= 0.6 is 0 Å². The number of rotatable bonds is 9. The highest BCUT2D eigenvalue weighted by Crippen LogP contribution is 2.38. The Balaban J connectivity index is 1.64. The van der Waals surface area contributed by atoms with Crippen LogP contribution in [0.25, 0.3) is 0 Å². The second kappa shape index (κ2) is 10.8. The molecule has 180 valence electrons. The SMILES string of the molecule is COCCN(CC(=O)N1N=C(c2ccccc2F)C[C@H]1c1ccccc1OC)C(=O)C1CCC1. The Labute approximate surface area is 199 Å². The zero-order chi connectivity index (χ0) is 24.1. The summed E-state index contributed by atoms with van der Waals surface area (Å²) in [5.74, 6) is -0.159. The first-order valence-corrected chi connectivity index (χ1v) is 11.6. The molecule has 7 nitrogen and oxygen atoms in total. The lowest BCUT2D eigenvalue weighted by Crippen LogP contribution is -2.46. The molecule has 1 atom stereocenters. The number of halogens is 1. The van der Waals surface area contributed by atoms with Gasteiger partial charge in [-0.25, -0.2) is 9.40 Å². The number of methoxy groups -OCH3 is 2. The first-order chi connectivity index (χ1) is 16.5. The Morgan fingerprint density at radius 3 is 2.53 bits per heavy atom. The van der Waals surface area contributed by atoms with Gasteiger partial charge in [0, 0.05) is 37.1 Å². The first kappa shape index (κ1) is 23.9. The molecular weight excluding hydrogens is 437 g/mol. The van der Waals surface area contributed by atoms with E-state index in [4.69, 9.17) is 9.47 Å². The summed E-state index contributed by atoms with van der Waals surface area (Å²) in [7, 11) is 3.14. The fourth-order valence-electron chi connectivity index (χ4n) is 4.40. The summed E-state index contributed by atoms with van der Waals surface area (Å²) in [4.78, 5) is 28.1. The summed E-state index contributed by atoms with van der Waals surface area (Å²) in [6.45, 7) is 0.554. The van der Waals surface area contributed by atoms with E-state index in [0.29, 0.717) is 36.6 Å². The second-order valence-corrected chi connectivity index (χ2v) is 8.61. The third-order valence-electron chi connectivity index (χ3n) is 6.51. The van der Waals surface area contributed by atoms with E-state index in [1.807, 2.05) is 24.3 Å². The molecule has 0 unspecified atom stereocenters. The summed E-state index contributed by atoms with van der Waals surface area (Å²) >= 11 is 0. The van der Waals surface area contributed by atoms with Crippen LogP contribution in [0.1, 0.15) is 42.9 Å². The molecule has 0 spiro atoms. The van der Waals surface area contributed by atoms with Gasteiger partial charge in [-0.3, -0.25) is 9.59 Å². The number of ether oxygens (including phenoxy) is 2. The minimum Gasteiger partial charge on any atom is -0.496 e. The Morgan fingerprint density at radius 2 is 1.85 bits per heavy atom. The number of para-hydroxylation sites is 1. The van der Waals surface area contributed by atoms with Gasteiger partial charge in [0.05, 0.1) is 25.5 Å². The Hall–Kier alpha value is -3.26. The predicted molar refractivity (Wildman–Crippen MR) is 126 cm³/mol. The molecule has 1 saturated carbocycles. The molecule has 0 saturated heterocycles. The van der Waals surface area contributed by atoms with Gasteiger partial charge in [-0.05, 0) is 25.0 Å². The normalized spacial score (nSPS) is 17.8. The highest BCUT2D eigenvalue weighted by atomic mass is 19.1. The second-order valence-electron chi connectivity index (χ2n) is 8.61. The van der Waals surface area contributed by atoms with Gasteiger partial charge in [0.2, 0.25) is 5.91 Å². The molecule has 1 aliphatic carbocycles. The van der Waals surface area contributed by atoms with Crippen molar-refractivity contribution in [1.82, 2.24) is 9.91 Å². The van der Waals surface area contributed by atoms with Crippen molar-refractivity contribution in [3.8, 4) is 5.75 Å². The molecule has 0 N–H and O–H groups in total. The smallest absolute Gasteiger partial charge is 0.262 e. The number of carbonyl (C=O) groups excluding carboxylic acids is 2. The molecule has 2 aromatic rings. The largest absolute Gasteiger partial charge is 0.496 e. The van der Waals surface area contributed by atoms with Crippen molar-refractivity contribution in [3.63, 3.8) is 0 Å². The van der Waals surface area contributed by atoms with E-state index in [1.54, 1.807) is 37.3 Å². The van der Waals surface area contributed by atoms with Gasteiger partial charge in [-0.1, -0.05) is 42.8 Å². The molecule has 1 fully saturated rings. The van der Waals surface area contributed by atoms with E-state index in [1.165, 1.54) is 11.1 Å². The molecule has 2 aliphatic rings. The number of hydrazone groups is 1. The maximum absolute atomic E-state index is 14.6. The number of carbonyl (C=O) groups is 2. The summed E-state index contributed by atoms with van der Waals surface area (Å²) < 4.78 is 25.3. The molecule has 1 aliphatic heterocycles. The van der Waals surface area contributed by atoms with E-state index in [0.717, 1.165) is 24.8 Å². The van der Waals surface area contributed by atoms with Crippen LogP contribution in [0.15, 0.2) is 53.6 Å². The van der Waals surface area contributed by atoms with Gasteiger partial charge in [-0.15, -0.1) is 0 Å². The van der Waals surface area contributed by atoms with Crippen LogP contribution in [0.3, 0.4) is 0 Å². The Kier molecular flexibility index (Phi) is 7.57. The monoisotopic (exact) mass is 467 g/mol. The minimum absolute atomic E-state index is 0.0250. The molecule has 1 heterocycles. The van der Waals surface area contributed by atoms with Crippen molar-refractivity contribution in [2.75, 3.05) is 33.9 Å². The van der Waals surface area contributed by atoms with E-state index < -0.39 is 11.9 Å². The average Bonchev–Trinajstić information content (AvgIpc) is 3.26.